The molecule has 1 fully saturated rings. The molecule has 0 saturated heterocycles. The average molecular weight is 415 g/mol. The SMILES string of the molecule is Cc1cccc(NC(=O)c2cc(NC(=O)[C@@H]3CCCC[C@H]3C(=O)[O-])ccc2Cl)n1. The standard InChI is InChI=1S/C21H22ClN3O4/c1-12-5-4-8-18(23-12)25-20(27)16-11-13(9-10-17(16)22)24-19(26)14-6-2-3-7-15(14)21(28)29/h4-5,8-11,14-15H,2-3,6-7H2,1H3,(H,24,26)(H,28,29)(H,23,25,27)/p-1/t14-,15-/m1/s1. The first-order valence-electron chi connectivity index (χ1n) is 9.41. The minimum Gasteiger partial charge on any atom is -0.550 e. The third-order valence-corrected chi connectivity index (χ3v) is 5.34. The highest BCUT2D eigenvalue weighted by Crippen LogP contribution is 2.31. The summed E-state index contributed by atoms with van der Waals surface area (Å²) in [6.45, 7) is 1.81. The molecule has 152 valence electrons. The van der Waals surface area contributed by atoms with Gasteiger partial charge in [0.15, 0.2) is 0 Å². The van der Waals surface area contributed by atoms with Crippen LogP contribution in [0.5, 0.6) is 0 Å². The molecule has 0 bridgehead atoms. The number of hydrogen-bond donors (Lipinski definition) is 2. The summed E-state index contributed by atoms with van der Waals surface area (Å²) in [4.78, 5) is 40.8. The zero-order valence-electron chi connectivity index (χ0n) is 15.9. The number of amides is 2. The number of hydrogen-bond acceptors (Lipinski definition) is 5. The number of nitrogens with zero attached hydrogens (tertiary/aromatic N) is 1. The number of benzene rings is 1. The summed E-state index contributed by atoms with van der Waals surface area (Å²) >= 11 is 6.16. The molecule has 2 atom stereocenters. The monoisotopic (exact) mass is 414 g/mol. The van der Waals surface area contributed by atoms with E-state index in [0.29, 0.717) is 24.3 Å². The highest BCUT2D eigenvalue weighted by Gasteiger charge is 2.31. The molecule has 1 aliphatic carbocycles. The van der Waals surface area contributed by atoms with Gasteiger partial charge in [-0.05, 0) is 50.1 Å². The quantitative estimate of drug-likeness (QED) is 0.781. The van der Waals surface area contributed by atoms with Crippen LogP contribution in [-0.2, 0) is 9.59 Å². The zero-order chi connectivity index (χ0) is 21.0. The van der Waals surface area contributed by atoms with Gasteiger partial charge in [-0.15, -0.1) is 0 Å². The van der Waals surface area contributed by atoms with Gasteiger partial charge in [0.05, 0.1) is 10.6 Å². The number of carbonyl (C=O) groups excluding carboxylic acids is 3. The van der Waals surface area contributed by atoms with E-state index in [4.69, 9.17) is 11.6 Å². The fourth-order valence-electron chi connectivity index (χ4n) is 3.54. The molecule has 1 aliphatic rings. The molecule has 0 aliphatic heterocycles. The second-order valence-corrected chi connectivity index (χ2v) is 7.53. The van der Waals surface area contributed by atoms with Gasteiger partial charge in [0.25, 0.3) is 5.91 Å². The smallest absolute Gasteiger partial charge is 0.258 e. The second kappa shape index (κ2) is 9.05. The largest absolute Gasteiger partial charge is 0.550 e. The van der Waals surface area contributed by atoms with Crippen LogP contribution >= 0.6 is 11.6 Å². The molecule has 0 radical (unpaired) electrons. The van der Waals surface area contributed by atoms with E-state index in [-0.39, 0.29) is 10.6 Å². The average Bonchev–Trinajstić information content (AvgIpc) is 2.69. The summed E-state index contributed by atoms with van der Waals surface area (Å²) in [6.07, 6.45) is 2.48. The third kappa shape index (κ3) is 5.12. The van der Waals surface area contributed by atoms with Gasteiger partial charge in [0.2, 0.25) is 5.91 Å². The summed E-state index contributed by atoms with van der Waals surface area (Å²) in [5, 5.41) is 16.9. The van der Waals surface area contributed by atoms with Gasteiger partial charge in [-0.1, -0.05) is 30.5 Å². The molecule has 2 N–H and O–H groups in total. The summed E-state index contributed by atoms with van der Waals surface area (Å²) in [5.74, 6) is -3.13. The van der Waals surface area contributed by atoms with Crippen molar-refractivity contribution >= 4 is 40.9 Å². The van der Waals surface area contributed by atoms with Crippen molar-refractivity contribution in [3.05, 3.63) is 52.7 Å². The van der Waals surface area contributed by atoms with Crippen LogP contribution in [-0.4, -0.2) is 22.8 Å². The van der Waals surface area contributed by atoms with E-state index in [2.05, 4.69) is 15.6 Å². The Labute approximate surface area is 173 Å². The molecule has 0 spiro atoms. The first-order chi connectivity index (χ1) is 13.8. The maximum absolute atomic E-state index is 12.6. The van der Waals surface area contributed by atoms with Crippen molar-refractivity contribution in [2.24, 2.45) is 11.8 Å². The van der Waals surface area contributed by atoms with Crippen molar-refractivity contribution < 1.29 is 19.5 Å². The summed E-state index contributed by atoms with van der Waals surface area (Å²) in [5.41, 5.74) is 1.29. The van der Waals surface area contributed by atoms with Crippen molar-refractivity contribution in [3.8, 4) is 0 Å². The fraction of sp³-hybridized carbons (Fsp3) is 0.333. The van der Waals surface area contributed by atoms with Crippen LogP contribution in [0.2, 0.25) is 5.02 Å². The summed E-state index contributed by atoms with van der Waals surface area (Å²) < 4.78 is 0. The van der Waals surface area contributed by atoms with Gasteiger partial charge in [-0.2, -0.15) is 0 Å². The molecular formula is C21H21ClN3O4-. The van der Waals surface area contributed by atoms with Gasteiger partial charge in [0, 0.05) is 29.2 Å². The van der Waals surface area contributed by atoms with Crippen LogP contribution < -0.4 is 15.7 Å². The van der Waals surface area contributed by atoms with Crippen LogP contribution in [0.3, 0.4) is 0 Å². The molecule has 29 heavy (non-hydrogen) atoms. The Morgan fingerprint density at radius 1 is 1.07 bits per heavy atom. The van der Waals surface area contributed by atoms with E-state index < -0.39 is 29.6 Å². The molecule has 3 rings (SSSR count). The lowest BCUT2D eigenvalue weighted by Gasteiger charge is -2.31. The number of aliphatic carboxylic acids is 1. The Balaban J connectivity index is 1.75. The minimum atomic E-state index is -1.20. The van der Waals surface area contributed by atoms with Gasteiger partial charge < -0.3 is 20.5 Å². The molecule has 2 amide bonds. The van der Waals surface area contributed by atoms with Gasteiger partial charge in [0.1, 0.15) is 5.82 Å². The highest BCUT2D eigenvalue weighted by molar-refractivity contribution is 6.34. The van der Waals surface area contributed by atoms with Crippen molar-refractivity contribution in [1.82, 2.24) is 4.98 Å². The molecule has 2 aromatic rings. The Kier molecular flexibility index (Phi) is 6.49. The Hall–Kier alpha value is -2.93. The topological polar surface area (TPSA) is 111 Å². The lowest BCUT2D eigenvalue weighted by molar-refractivity contribution is -0.313. The van der Waals surface area contributed by atoms with Crippen LogP contribution in [0.15, 0.2) is 36.4 Å². The number of carbonyl (C=O) groups is 3. The first kappa shape index (κ1) is 20.8. The molecule has 1 saturated carbocycles. The normalized spacial score (nSPS) is 18.7. The van der Waals surface area contributed by atoms with Crippen molar-refractivity contribution in [2.75, 3.05) is 10.6 Å². The number of aromatic nitrogens is 1. The molecule has 0 unspecified atom stereocenters. The number of rotatable bonds is 5. The van der Waals surface area contributed by atoms with Crippen LogP contribution in [0.1, 0.15) is 41.7 Å². The molecule has 7 nitrogen and oxygen atoms in total. The van der Waals surface area contributed by atoms with Crippen LogP contribution in [0, 0.1) is 18.8 Å². The molecule has 1 aromatic heterocycles. The van der Waals surface area contributed by atoms with E-state index in [1.54, 1.807) is 18.2 Å². The molecule has 1 heterocycles. The lowest BCUT2D eigenvalue weighted by atomic mass is 9.78. The Morgan fingerprint density at radius 2 is 1.79 bits per heavy atom. The number of aryl methyl sites for hydroxylation is 1. The maximum Gasteiger partial charge on any atom is 0.258 e. The predicted molar refractivity (Wildman–Crippen MR) is 107 cm³/mol. The summed E-state index contributed by atoms with van der Waals surface area (Å²) in [7, 11) is 0. The van der Waals surface area contributed by atoms with Gasteiger partial charge in [-0.25, -0.2) is 4.98 Å². The van der Waals surface area contributed by atoms with Crippen LogP contribution in [0.25, 0.3) is 0 Å². The number of carboxylic acid groups (broad SMARTS) is 1. The molecule has 8 heteroatoms. The predicted octanol–water partition coefficient (Wildman–Crippen LogP) is 2.79. The van der Waals surface area contributed by atoms with E-state index >= 15 is 0 Å². The number of anilines is 2. The van der Waals surface area contributed by atoms with Crippen molar-refractivity contribution in [1.29, 1.82) is 0 Å². The second-order valence-electron chi connectivity index (χ2n) is 7.12. The van der Waals surface area contributed by atoms with Crippen LogP contribution in [0.4, 0.5) is 11.5 Å². The highest BCUT2D eigenvalue weighted by atomic mass is 35.5. The number of nitrogens with one attached hydrogen (secondary N) is 2. The first-order valence-corrected chi connectivity index (χ1v) is 9.79. The van der Waals surface area contributed by atoms with Crippen molar-refractivity contribution in [3.63, 3.8) is 0 Å². The van der Waals surface area contributed by atoms with E-state index in [1.807, 2.05) is 13.0 Å². The zero-order valence-corrected chi connectivity index (χ0v) is 16.7. The number of pyridine rings is 1. The van der Waals surface area contributed by atoms with Gasteiger partial charge in [-0.3, -0.25) is 9.59 Å². The fourth-order valence-corrected chi connectivity index (χ4v) is 3.74. The lowest BCUT2D eigenvalue weighted by Crippen LogP contribution is -2.42. The summed E-state index contributed by atoms with van der Waals surface area (Å²) in [6, 6.07) is 9.78. The van der Waals surface area contributed by atoms with E-state index in [9.17, 15) is 19.5 Å². The molecule has 1 aromatic carbocycles. The molecular weight excluding hydrogens is 394 g/mol. The Morgan fingerprint density at radius 3 is 2.48 bits per heavy atom. The van der Waals surface area contributed by atoms with Crippen molar-refractivity contribution in [2.45, 2.75) is 32.6 Å². The number of carboxylic acids is 1. The Bertz CT molecular complexity index is 947. The maximum atomic E-state index is 12.6. The van der Waals surface area contributed by atoms with Gasteiger partial charge >= 0.3 is 0 Å². The van der Waals surface area contributed by atoms with E-state index in [0.717, 1.165) is 18.5 Å². The minimum absolute atomic E-state index is 0.174. The third-order valence-electron chi connectivity index (χ3n) is 5.01. The number of halogens is 1. The van der Waals surface area contributed by atoms with E-state index in [1.165, 1.54) is 12.1 Å².